The van der Waals surface area contributed by atoms with E-state index in [1.807, 2.05) is 0 Å². The van der Waals surface area contributed by atoms with E-state index in [1.54, 1.807) is 0 Å². The van der Waals surface area contributed by atoms with E-state index >= 15 is 0 Å². The van der Waals surface area contributed by atoms with E-state index < -0.39 is 17.9 Å². The molecule has 2 heterocycles. The molecule has 0 aromatic carbocycles. The highest BCUT2D eigenvalue weighted by molar-refractivity contribution is 7.13. The fourth-order valence-electron chi connectivity index (χ4n) is 2.29. The number of thiazole rings is 1. The largest absolute Gasteiger partial charge is 0.434 e. The Morgan fingerprint density at radius 3 is 2.68 bits per heavy atom. The number of anilines is 1. The summed E-state index contributed by atoms with van der Waals surface area (Å²) >= 11 is 0.755. The molecular formula is C13H19F3N4OS. The Balaban J connectivity index is 1.64. The maximum Gasteiger partial charge on any atom is 0.434 e. The summed E-state index contributed by atoms with van der Waals surface area (Å²) in [6.45, 7) is 3.62. The van der Waals surface area contributed by atoms with E-state index in [4.69, 9.17) is 0 Å². The summed E-state index contributed by atoms with van der Waals surface area (Å²) in [4.78, 5) is 17.3. The Morgan fingerprint density at radius 1 is 1.32 bits per heavy atom. The predicted octanol–water partition coefficient (Wildman–Crippen LogP) is 3.16. The van der Waals surface area contributed by atoms with Gasteiger partial charge in [0, 0.05) is 11.9 Å². The number of halogens is 3. The van der Waals surface area contributed by atoms with Crippen LogP contribution in [0.3, 0.4) is 0 Å². The second-order valence-electron chi connectivity index (χ2n) is 5.17. The normalized spacial score (nSPS) is 16.5. The Labute approximate surface area is 130 Å². The van der Waals surface area contributed by atoms with Gasteiger partial charge >= 0.3 is 12.2 Å². The molecule has 2 rings (SSSR count). The average molecular weight is 336 g/mol. The summed E-state index contributed by atoms with van der Waals surface area (Å²) in [6, 6.07) is -0.526. The van der Waals surface area contributed by atoms with E-state index in [1.165, 1.54) is 19.3 Å². The second-order valence-corrected chi connectivity index (χ2v) is 6.03. The Morgan fingerprint density at radius 2 is 2.05 bits per heavy atom. The van der Waals surface area contributed by atoms with Gasteiger partial charge in [-0.2, -0.15) is 13.2 Å². The zero-order valence-corrected chi connectivity index (χ0v) is 12.9. The SMILES string of the molecule is O=C(NCCCN1CCCCC1)Nc1nc(C(F)(F)F)cs1. The lowest BCUT2D eigenvalue weighted by Gasteiger charge is -2.26. The number of hydrogen-bond acceptors (Lipinski definition) is 4. The number of carbonyl (C=O) groups is 1. The van der Waals surface area contributed by atoms with E-state index in [9.17, 15) is 18.0 Å². The van der Waals surface area contributed by atoms with Crippen LogP contribution in [0, 0.1) is 0 Å². The fourth-order valence-corrected chi connectivity index (χ4v) is 3.00. The van der Waals surface area contributed by atoms with E-state index in [0.29, 0.717) is 6.54 Å². The van der Waals surface area contributed by atoms with Gasteiger partial charge in [0.05, 0.1) is 0 Å². The van der Waals surface area contributed by atoms with Crippen LogP contribution in [0.25, 0.3) is 0 Å². The molecule has 0 unspecified atom stereocenters. The van der Waals surface area contributed by atoms with Crippen LogP contribution in [0.4, 0.5) is 23.1 Å². The van der Waals surface area contributed by atoms with Crippen molar-refractivity contribution in [1.29, 1.82) is 0 Å². The van der Waals surface area contributed by atoms with Gasteiger partial charge in [-0.15, -0.1) is 11.3 Å². The first-order valence-electron chi connectivity index (χ1n) is 7.25. The van der Waals surface area contributed by atoms with Gasteiger partial charge in [-0.1, -0.05) is 6.42 Å². The highest BCUT2D eigenvalue weighted by Crippen LogP contribution is 2.31. The van der Waals surface area contributed by atoms with Crippen molar-refractivity contribution in [2.75, 3.05) is 31.5 Å². The van der Waals surface area contributed by atoms with Crippen LogP contribution in [0.5, 0.6) is 0 Å². The zero-order chi connectivity index (χ0) is 16.0. The first-order chi connectivity index (χ1) is 10.4. The molecule has 1 saturated heterocycles. The number of amides is 2. The van der Waals surface area contributed by atoms with Crippen molar-refractivity contribution in [3.8, 4) is 0 Å². The average Bonchev–Trinajstić information content (AvgIpc) is 2.93. The van der Waals surface area contributed by atoms with Crippen molar-refractivity contribution < 1.29 is 18.0 Å². The number of rotatable bonds is 5. The minimum atomic E-state index is -4.48. The fraction of sp³-hybridized carbons (Fsp3) is 0.692. The minimum absolute atomic E-state index is 0.0548. The Kier molecular flexibility index (Phi) is 6.01. The second kappa shape index (κ2) is 7.77. The highest BCUT2D eigenvalue weighted by Gasteiger charge is 2.33. The van der Waals surface area contributed by atoms with E-state index in [2.05, 4.69) is 20.5 Å². The van der Waals surface area contributed by atoms with Crippen molar-refractivity contribution in [1.82, 2.24) is 15.2 Å². The molecule has 2 N–H and O–H groups in total. The van der Waals surface area contributed by atoms with Crippen molar-refractivity contribution in [2.24, 2.45) is 0 Å². The van der Waals surface area contributed by atoms with Gasteiger partial charge in [0.15, 0.2) is 10.8 Å². The molecule has 1 aromatic rings. The molecule has 0 bridgehead atoms. The third-order valence-electron chi connectivity index (χ3n) is 3.40. The summed E-state index contributed by atoms with van der Waals surface area (Å²) in [5.74, 6) is 0. The molecule has 1 aromatic heterocycles. The standard InChI is InChI=1S/C13H19F3N4OS/c14-13(15,16)10-9-22-12(18-10)19-11(21)17-5-4-8-20-6-2-1-3-7-20/h9H,1-8H2,(H2,17,18,19,21). The molecule has 1 aliphatic rings. The number of piperidine rings is 1. The topological polar surface area (TPSA) is 57.3 Å². The van der Waals surface area contributed by atoms with Crippen LogP contribution in [-0.2, 0) is 6.18 Å². The van der Waals surface area contributed by atoms with Crippen molar-refractivity contribution in [3.63, 3.8) is 0 Å². The van der Waals surface area contributed by atoms with Crippen LogP contribution in [0.15, 0.2) is 5.38 Å². The molecular weight excluding hydrogens is 317 g/mol. The van der Waals surface area contributed by atoms with Crippen LogP contribution >= 0.6 is 11.3 Å². The summed E-state index contributed by atoms with van der Waals surface area (Å²) in [7, 11) is 0. The lowest BCUT2D eigenvalue weighted by Crippen LogP contribution is -2.34. The van der Waals surface area contributed by atoms with Crippen molar-refractivity contribution >= 4 is 22.5 Å². The number of hydrogen-bond donors (Lipinski definition) is 2. The number of likely N-dealkylation sites (tertiary alicyclic amines) is 1. The maximum absolute atomic E-state index is 12.4. The molecule has 1 aliphatic heterocycles. The summed E-state index contributed by atoms with van der Waals surface area (Å²) < 4.78 is 37.1. The maximum atomic E-state index is 12.4. The number of nitrogens with one attached hydrogen (secondary N) is 2. The van der Waals surface area contributed by atoms with Crippen molar-refractivity contribution in [3.05, 3.63) is 11.1 Å². The highest BCUT2D eigenvalue weighted by atomic mass is 32.1. The molecule has 0 radical (unpaired) electrons. The predicted molar refractivity (Wildman–Crippen MR) is 79.0 cm³/mol. The number of alkyl halides is 3. The number of aromatic nitrogens is 1. The quantitative estimate of drug-likeness (QED) is 0.812. The summed E-state index contributed by atoms with van der Waals surface area (Å²) in [5.41, 5.74) is -0.988. The van der Waals surface area contributed by atoms with Crippen LogP contribution in [0.2, 0.25) is 0 Å². The molecule has 22 heavy (non-hydrogen) atoms. The Bertz CT molecular complexity index is 486. The van der Waals surface area contributed by atoms with Gasteiger partial charge in [-0.3, -0.25) is 5.32 Å². The van der Waals surface area contributed by atoms with E-state index in [0.717, 1.165) is 42.8 Å². The van der Waals surface area contributed by atoms with Gasteiger partial charge in [-0.05, 0) is 38.9 Å². The van der Waals surface area contributed by atoms with Gasteiger partial charge < -0.3 is 10.2 Å². The number of urea groups is 1. The lowest BCUT2D eigenvalue weighted by molar-refractivity contribution is -0.140. The molecule has 1 fully saturated rings. The molecule has 5 nitrogen and oxygen atoms in total. The molecule has 9 heteroatoms. The first-order valence-corrected chi connectivity index (χ1v) is 8.13. The monoisotopic (exact) mass is 336 g/mol. The zero-order valence-electron chi connectivity index (χ0n) is 12.1. The minimum Gasteiger partial charge on any atom is -0.338 e. The molecule has 124 valence electrons. The molecule has 0 atom stereocenters. The van der Waals surface area contributed by atoms with Gasteiger partial charge in [0.1, 0.15) is 0 Å². The smallest absolute Gasteiger partial charge is 0.338 e. The molecule has 2 amide bonds. The lowest BCUT2D eigenvalue weighted by atomic mass is 10.1. The molecule has 0 spiro atoms. The van der Waals surface area contributed by atoms with Gasteiger partial charge in [-0.25, -0.2) is 9.78 Å². The van der Waals surface area contributed by atoms with Gasteiger partial charge in [0.2, 0.25) is 0 Å². The van der Waals surface area contributed by atoms with Crippen molar-refractivity contribution in [2.45, 2.75) is 31.9 Å². The van der Waals surface area contributed by atoms with E-state index in [-0.39, 0.29) is 5.13 Å². The van der Waals surface area contributed by atoms with Crippen LogP contribution in [0.1, 0.15) is 31.4 Å². The molecule has 0 saturated carbocycles. The third-order valence-corrected chi connectivity index (χ3v) is 4.16. The first kappa shape index (κ1) is 17.0. The van der Waals surface area contributed by atoms with Crippen LogP contribution < -0.4 is 10.6 Å². The number of carbonyl (C=O) groups excluding carboxylic acids is 1. The third kappa shape index (κ3) is 5.45. The van der Waals surface area contributed by atoms with Crippen LogP contribution in [-0.4, -0.2) is 42.1 Å². The van der Waals surface area contributed by atoms with Gasteiger partial charge in [0.25, 0.3) is 0 Å². The Hall–Kier alpha value is -1.35. The summed E-state index contributed by atoms with van der Waals surface area (Å²) in [6.07, 6.45) is 0.0598. The molecule has 0 aliphatic carbocycles. The summed E-state index contributed by atoms with van der Waals surface area (Å²) in [5, 5.41) is 5.77. The number of nitrogens with zero attached hydrogens (tertiary/aromatic N) is 2.